The van der Waals surface area contributed by atoms with E-state index in [1.807, 2.05) is 49.4 Å². The van der Waals surface area contributed by atoms with Crippen molar-refractivity contribution in [2.75, 3.05) is 7.11 Å². The van der Waals surface area contributed by atoms with Crippen molar-refractivity contribution in [1.29, 1.82) is 0 Å². The van der Waals surface area contributed by atoms with Crippen molar-refractivity contribution in [3.8, 4) is 0 Å². The van der Waals surface area contributed by atoms with Gasteiger partial charge in [0.25, 0.3) is 0 Å². The van der Waals surface area contributed by atoms with Crippen LogP contribution in [0.4, 0.5) is 0 Å². The number of aryl methyl sites for hydroxylation is 1. The van der Waals surface area contributed by atoms with Crippen molar-refractivity contribution in [2.45, 2.75) is 13.3 Å². The van der Waals surface area contributed by atoms with Gasteiger partial charge in [-0.05, 0) is 18.6 Å². The fourth-order valence-corrected chi connectivity index (χ4v) is 2.59. The predicted molar refractivity (Wildman–Crippen MR) is 77.9 cm³/mol. The Morgan fingerprint density at radius 3 is 2.74 bits per heavy atom. The molecule has 0 saturated carbocycles. The summed E-state index contributed by atoms with van der Waals surface area (Å²) in [6.07, 6.45) is 4.21. The van der Waals surface area contributed by atoms with Crippen LogP contribution in [0, 0.1) is 6.92 Å². The molecule has 0 atom stereocenters. The summed E-state index contributed by atoms with van der Waals surface area (Å²) < 4.78 is 4.70. The molecular weight excluding hydrogens is 258 g/mol. The number of benzene rings is 1. The lowest BCUT2D eigenvalue weighted by atomic mass is 10.2. The summed E-state index contributed by atoms with van der Waals surface area (Å²) >= 11 is 1.53. The van der Waals surface area contributed by atoms with Crippen molar-refractivity contribution < 1.29 is 9.53 Å². The number of esters is 1. The lowest BCUT2D eigenvalue weighted by Crippen LogP contribution is -2.03. The Hall–Kier alpha value is -1.94. The molecule has 4 heteroatoms. The quantitative estimate of drug-likeness (QED) is 0.802. The fourth-order valence-electron chi connectivity index (χ4n) is 1.68. The zero-order valence-corrected chi connectivity index (χ0v) is 11.7. The van der Waals surface area contributed by atoms with E-state index in [1.165, 1.54) is 18.4 Å². The Morgan fingerprint density at radius 1 is 1.32 bits per heavy atom. The maximum atomic E-state index is 11.3. The van der Waals surface area contributed by atoms with Gasteiger partial charge in [0.2, 0.25) is 0 Å². The van der Waals surface area contributed by atoms with Gasteiger partial charge in [-0.2, -0.15) is 0 Å². The molecule has 1 aromatic carbocycles. The zero-order chi connectivity index (χ0) is 13.7. The van der Waals surface area contributed by atoms with Crippen LogP contribution in [0.3, 0.4) is 0 Å². The second kappa shape index (κ2) is 6.29. The average molecular weight is 273 g/mol. The summed E-state index contributed by atoms with van der Waals surface area (Å²) in [4.78, 5) is 16.7. The van der Waals surface area contributed by atoms with E-state index in [9.17, 15) is 4.79 Å². The van der Waals surface area contributed by atoms with E-state index in [2.05, 4.69) is 4.98 Å². The second-order valence-electron chi connectivity index (χ2n) is 4.04. The van der Waals surface area contributed by atoms with E-state index in [0.717, 1.165) is 21.1 Å². The van der Waals surface area contributed by atoms with Crippen LogP contribution in [0.1, 0.15) is 21.1 Å². The molecule has 1 heterocycles. The molecule has 98 valence electrons. The number of ether oxygens (including phenoxy) is 1. The number of hydrogen-bond acceptors (Lipinski definition) is 4. The van der Waals surface area contributed by atoms with Crippen LogP contribution in [-0.2, 0) is 16.0 Å². The maximum absolute atomic E-state index is 11.3. The van der Waals surface area contributed by atoms with Crippen LogP contribution in [0.15, 0.2) is 30.3 Å². The van der Waals surface area contributed by atoms with Gasteiger partial charge in [-0.25, -0.2) is 4.98 Å². The third kappa shape index (κ3) is 3.76. The first-order valence-corrected chi connectivity index (χ1v) is 6.77. The highest BCUT2D eigenvalue weighted by Gasteiger charge is 2.11. The Morgan fingerprint density at radius 2 is 2.05 bits per heavy atom. The molecule has 0 aliphatic rings. The molecule has 2 aromatic rings. The molecule has 0 N–H and O–H groups in total. The van der Waals surface area contributed by atoms with Crippen molar-refractivity contribution >= 4 is 29.5 Å². The van der Waals surface area contributed by atoms with E-state index in [1.54, 1.807) is 0 Å². The van der Waals surface area contributed by atoms with Gasteiger partial charge in [0.1, 0.15) is 0 Å². The Bertz CT molecular complexity index is 587. The van der Waals surface area contributed by atoms with E-state index in [-0.39, 0.29) is 12.4 Å². The number of thiazole rings is 1. The van der Waals surface area contributed by atoms with Gasteiger partial charge in [0.05, 0.1) is 24.2 Å². The van der Waals surface area contributed by atoms with Crippen molar-refractivity contribution in [1.82, 2.24) is 4.98 Å². The van der Waals surface area contributed by atoms with E-state index >= 15 is 0 Å². The van der Waals surface area contributed by atoms with Crippen molar-refractivity contribution in [3.63, 3.8) is 0 Å². The van der Waals surface area contributed by atoms with Gasteiger partial charge in [-0.1, -0.05) is 36.4 Å². The number of aromatic nitrogens is 1. The van der Waals surface area contributed by atoms with Gasteiger partial charge < -0.3 is 4.74 Å². The summed E-state index contributed by atoms with van der Waals surface area (Å²) in [7, 11) is 1.40. The average Bonchev–Trinajstić information content (AvgIpc) is 2.77. The van der Waals surface area contributed by atoms with Gasteiger partial charge in [-0.3, -0.25) is 4.79 Å². The summed E-state index contributed by atoms with van der Waals surface area (Å²) in [5.41, 5.74) is 1.95. The number of methoxy groups -OCH3 is 1. The molecule has 2 rings (SSSR count). The second-order valence-corrected chi connectivity index (χ2v) is 5.33. The van der Waals surface area contributed by atoms with Gasteiger partial charge in [-0.15, -0.1) is 11.3 Å². The molecule has 0 fully saturated rings. The molecule has 0 spiro atoms. The van der Waals surface area contributed by atoms with Gasteiger partial charge in [0.15, 0.2) is 0 Å². The van der Waals surface area contributed by atoms with E-state index in [0.29, 0.717) is 0 Å². The number of carbonyl (C=O) groups excluding carboxylic acids is 1. The smallest absolute Gasteiger partial charge is 0.310 e. The molecule has 0 aliphatic heterocycles. The van der Waals surface area contributed by atoms with Crippen molar-refractivity contribution in [2.24, 2.45) is 0 Å². The SMILES string of the molecule is COC(=O)Cc1sc(C)nc1/C=C/c1ccccc1. The lowest BCUT2D eigenvalue weighted by molar-refractivity contribution is -0.139. The standard InChI is InChI=1S/C15H15NO2S/c1-11-16-13(14(19-11)10-15(17)18-2)9-8-12-6-4-3-5-7-12/h3-9H,10H2,1-2H3/b9-8+. The first kappa shape index (κ1) is 13.5. The van der Waals surface area contributed by atoms with Crippen LogP contribution in [0.25, 0.3) is 12.2 Å². The Balaban J connectivity index is 2.20. The molecule has 0 unspecified atom stereocenters. The number of rotatable bonds is 4. The van der Waals surface area contributed by atoms with E-state index in [4.69, 9.17) is 4.74 Å². The topological polar surface area (TPSA) is 39.2 Å². The maximum Gasteiger partial charge on any atom is 0.310 e. The van der Waals surface area contributed by atoms with Gasteiger partial charge in [0, 0.05) is 4.88 Å². The summed E-state index contributed by atoms with van der Waals surface area (Å²) in [5, 5.41) is 0.951. The van der Waals surface area contributed by atoms with E-state index < -0.39 is 0 Å². The predicted octanol–water partition coefficient (Wildman–Crippen LogP) is 3.34. The molecule has 19 heavy (non-hydrogen) atoms. The van der Waals surface area contributed by atoms with Crippen LogP contribution in [-0.4, -0.2) is 18.1 Å². The van der Waals surface area contributed by atoms with Crippen LogP contribution < -0.4 is 0 Å². The van der Waals surface area contributed by atoms with Crippen molar-refractivity contribution in [3.05, 3.63) is 51.5 Å². The van der Waals surface area contributed by atoms with Crippen LogP contribution in [0.2, 0.25) is 0 Å². The molecule has 0 bridgehead atoms. The first-order chi connectivity index (χ1) is 9.19. The summed E-state index contributed by atoms with van der Waals surface area (Å²) in [5.74, 6) is -0.238. The highest BCUT2D eigenvalue weighted by molar-refractivity contribution is 7.11. The normalized spacial score (nSPS) is 10.8. The first-order valence-electron chi connectivity index (χ1n) is 5.95. The monoisotopic (exact) mass is 273 g/mol. The number of carbonyl (C=O) groups is 1. The molecule has 1 aromatic heterocycles. The lowest BCUT2D eigenvalue weighted by Gasteiger charge is -1.97. The summed E-state index contributed by atoms with van der Waals surface area (Å²) in [6, 6.07) is 10.0. The minimum atomic E-state index is -0.238. The minimum absolute atomic E-state index is 0.238. The summed E-state index contributed by atoms with van der Waals surface area (Å²) in [6.45, 7) is 1.94. The number of hydrogen-bond donors (Lipinski definition) is 0. The Kier molecular flexibility index (Phi) is 4.47. The highest BCUT2D eigenvalue weighted by Crippen LogP contribution is 2.21. The van der Waals surface area contributed by atoms with Gasteiger partial charge >= 0.3 is 5.97 Å². The molecule has 0 saturated heterocycles. The van der Waals surface area contributed by atoms with Crippen LogP contribution >= 0.6 is 11.3 Å². The highest BCUT2D eigenvalue weighted by atomic mass is 32.1. The molecular formula is C15H15NO2S. The largest absolute Gasteiger partial charge is 0.469 e. The molecule has 0 amide bonds. The fraction of sp³-hybridized carbons (Fsp3) is 0.200. The molecule has 0 radical (unpaired) electrons. The Labute approximate surface area is 116 Å². The number of nitrogens with zero attached hydrogens (tertiary/aromatic N) is 1. The van der Waals surface area contributed by atoms with Crippen LogP contribution in [0.5, 0.6) is 0 Å². The third-order valence-electron chi connectivity index (χ3n) is 2.60. The molecule has 3 nitrogen and oxygen atoms in total. The minimum Gasteiger partial charge on any atom is -0.469 e. The molecule has 0 aliphatic carbocycles. The zero-order valence-electron chi connectivity index (χ0n) is 10.9. The third-order valence-corrected chi connectivity index (χ3v) is 3.59.